The first-order chi connectivity index (χ1) is 12.6. The number of hydrogen-bond donors (Lipinski definition) is 1. The van der Waals surface area contributed by atoms with Gasteiger partial charge in [0.25, 0.3) is 0 Å². The fraction of sp³-hybridized carbons (Fsp3) is 0.650. The van der Waals surface area contributed by atoms with Crippen LogP contribution in [0, 0.1) is 5.92 Å². The zero-order chi connectivity index (χ0) is 18.5. The molecule has 0 saturated carbocycles. The van der Waals surface area contributed by atoms with Crippen molar-refractivity contribution in [1.82, 2.24) is 9.80 Å². The lowest BCUT2D eigenvalue weighted by molar-refractivity contribution is -0.136. The Kier molecular flexibility index (Phi) is 6.51. The molecule has 1 aromatic rings. The van der Waals surface area contributed by atoms with Crippen LogP contribution in [0.15, 0.2) is 24.3 Å². The van der Waals surface area contributed by atoms with Crippen LogP contribution in [0.5, 0.6) is 5.75 Å². The van der Waals surface area contributed by atoms with E-state index in [0.717, 1.165) is 58.0 Å². The number of benzene rings is 1. The standard InChI is InChI=1S/C20H31N3O3/c1-15(17-4-3-5-18(14-17)25-2)22-8-10-23(11-9-22)20(24)19(21)16-6-12-26-13-7-16/h3-5,14-16,19H,6-13,21H2,1-2H3. The molecular formula is C20H31N3O3. The Morgan fingerprint density at radius 3 is 2.58 bits per heavy atom. The van der Waals surface area contributed by atoms with Gasteiger partial charge in [-0.1, -0.05) is 12.1 Å². The molecule has 2 fully saturated rings. The summed E-state index contributed by atoms with van der Waals surface area (Å²) >= 11 is 0. The van der Waals surface area contributed by atoms with Crippen LogP contribution in [0.4, 0.5) is 0 Å². The minimum atomic E-state index is -0.388. The van der Waals surface area contributed by atoms with E-state index in [9.17, 15) is 4.79 Å². The van der Waals surface area contributed by atoms with Gasteiger partial charge in [-0.05, 0) is 43.4 Å². The highest BCUT2D eigenvalue weighted by Crippen LogP contribution is 2.25. The Morgan fingerprint density at radius 1 is 1.23 bits per heavy atom. The molecule has 0 aliphatic carbocycles. The molecular weight excluding hydrogens is 330 g/mol. The molecule has 2 aliphatic heterocycles. The van der Waals surface area contributed by atoms with E-state index in [1.54, 1.807) is 7.11 Å². The van der Waals surface area contributed by atoms with Crippen molar-refractivity contribution in [1.29, 1.82) is 0 Å². The molecule has 6 heteroatoms. The van der Waals surface area contributed by atoms with Crippen molar-refractivity contribution in [3.8, 4) is 5.75 Å². The van der Waals surface area contributed by atoms with E-state index < -0.39 is 0 Å². The van der Waals surface area contributed by atoms with Gasteiger partial charge in [-0.3, -0.25) is 9.69 Å². The van der Waals surface area contributed by atoms with Gasteiger partial charge in [0.1, 0.15) is 5.75 Å². The lowest BCUT2D eigenvalue weighted by Crippen LogP contribution is -2.55. The summed E-state index contributed by atoms with van der Waals surface area (Å²) in [6.07, 6.45) is 1.78. The number of nitrogens with zero attached hydrogens (tertiary/aromatic N) is 2. The van der Waals surface area contributed by atoms with Crippen LogP contribution in [0.2, 0.25) is 0 Å². The number of carbonyl (C=O) groups excluding carboxylic acids is 1. The average molecular weight is 361 g/mol. The summed E-state index contributed by atoms with van der Waals surface area (Å²) < 4.78 is 10.7. The molecule has 1 aromatic carbocycles. The third-order valence-electron chi connectivity index (χ3n) is 5.81. The van der Waals surface area contributed by atoms with Crippen molar-refractivity contribution >= 4 is 5.91 Å². The smallest absolute Gasteiger partial charge is 0.239 e. The molecule has 0 radical (unpaired) electrons. The van der Waals surface area contributed by atoms with Gasteiger partial charge < -0.3 is 20.1 Å². The number of rotatable bonds is 5. The van der Waals surface area contributed by atoms with Gasteiger partial charge in [0, 0.05) is 45.4 Å². The molecule has 2 heterocycles. The van der Waals surface area contributed by atoms with Gasteiger partial charge in [0.2, 0.25) is 5.91 Å². The lowest BCUT2D eigenvalue weighted by Gasteiger charge is -2.40. The summed E-state index contributed by atoms with van der Waals surface area (Å²) in [6.45, 7) is 6.86. The maximum absolute atomic E-state index is 12.8. The minimum absolute atomic E-state index is 0.102. The average Bonchev–Trinajstić information content (AvgIpc) is 2.73. The SMILES string of the molecule is COc1cccc(C(C)N2CCN(C(=O)C(N)C3CCOCC3)CC2)c1. The van der Waals surface area contributed by atoms with E-state index in [1.165, 1.54) is 5.56 Å². The number of amides is 1. The Labute approximate surface area is 156 Å². The number of nitrogens with two attached hydrogens (primary N) is 1. The second-order valence-electron chi connectivity index (χ2n) is 7.29. The third kappa shape index (κ3) is 4.37. The van der Waals surface area contributed by atoms with Crippen LogP contribution in [-0.4, -0.2) is 68.3 Å². The van der Waals surface area contributed by atoms with Gasteiger partial charge in [-0.2, -0.15) is 0 Å². The molecule has 2 aliphatic rings. The number of hydrogen-bond acceptors (Lipinski definition) is 5. The van der Waals surface area contributed by atoms with Crippen molar-refractivity contribution in [3.05, 3.63) is 29.8 Å². The minimum Gasteiger partial charge on any atom is -0.497 e. The first-order valence-electron chi connectivity index (χ1n) is 9.60. The fourth-order valence-corrected chi connectivity index (χ4v) is 3.93. The van der Waals surface area contributed by atoms with Crippen molar-refractivity contribution < 1.29 is 14.3 Å². The summed E-state index contributed by atoms with van der Waals surface area (Å²) in [7, 11) is 1.69. The number of piperazine rings is 1. The summed E-state index contributed by atoms with van der Waals surface area (Å²) in [5.41, 5.74) is 7.50. The van der Waals surface area contributed by atoms with E-state index in [1.807, 2.05) is 17.0 Å². The zero-order valence-corrected chi connectivity index (χ0v) is 15.9. The quantitative estimate of drug-likeness (QED) is 0.864. The molecule has 26 heavy (non-hydrogen) atoms. The number of carbonyl (C=O) groups is 1. The normalized spacial score (nSPS) is 22.0. The molecule has 2 atom stereocenters. The highest BCUT2D eigenvalue weighted by Gasteiger charge is 2.32. The molecule has 6 nitrogen and oxygen atoms in total. The topological polar surface area (TPSA) is 68.0 Å². The van der Waals surface area contributed by atoms with E-state index in [2.05, 4.69) is 24.0 Å². The molecule has 2 unspecified atom stereocenters. The van der Waals surface area contributed by atoms with Crippen molar-refractivity contribution in [2.24, 2.45) is 11.7 Å². The van der Waals surface area contributed by atoms with Crippen LogP contribution in [0.1, 0.15) is 31.4 Å². The molecule has 0 spiro atoms. The zero-order valence-electron chi connectivity index (χ0n) is 15.9. The highest BCUT2D eigenvalue weighted by molar-refractivity contribution is 5.82. The van der Waals surface area contributed by atoms with Gasteiger partial charge >= 0.3 is 0 Å². The van der Waals surface area contributed by atoms with Crippen LogP contribution in [-0.2, 0) is 9.53 Å². The monoisotopic (exact) mass is 361 g/mol. The summed E-state index contributed by atoms with van der Waals surface area (Å²) in [4.78, 5) is 17.1. The van der Waals surface area contributed by atoms with E-state index in [-0.39, 0.29) is 17.9 Å². The molecule has 0 aromatic heterocycles. The second-order valence-corrected chi connectivity index (χ2v) is 7.29. The summed E-state index contributed by atoms with van der Waals surface area (Å²) in [6, 6.07) is 8.12. The largest absolute Gasteiger partial charge is 0.497 e. The predicted molar refractivity (Wildman–Crippen MR) is 101 cm³/mol. The first kappa shape index (κ1) is 19.1. The lowest BCUT2D eigenvalue weighted by atomic mass is 9.91. The highest BCUT2D eigenvalue weighted by atomic mass is 16.5. The Morgan fingerprint density at radius 2 is 1.92 bits per heavy atom. The maximum Gasteiger partial charge on any atom is 0.239 e. The summed E-state index contributed by atoms with van der Waals surface area (Å²) in [5, 5.41) is 0. The Balaban J connectivity index is 1.53. The fourth-order valence-electron chi connectivity index (χ4n) is 3.93. The molecule has 144 valence electrons. The van der Waals surface area contributed by atoms with E-state index >= 15 is 0 Å². The van der Waals surface area contributed by atoms with Gasteiger partial charge in [0.15, 0.2) is 0 Å². The van der Waals surface area contributed by atoms with Gasteiger partial charge in [-0.15, -0.1) is 0 Å². The van der Waals surface area contributed by atoms with Crippen LogP contribution >= 0.6 is 0 Å². The van der Waals surface area contributed by atoms with Crippen LogP contribution in [0.25, 0.3) is 0 Å². The maximum atomic E-state index is 12.8. The van der Waals surface area contributed by atoms with Crippen LogP contribution in [0.3, 0.4) is 0 Å². The number of methoxy groups -OCH3 is 1. The molecule has 2 N–H and O–H groups in total. The van der Waals surface area contributed by atoms with Crippen molar-refractivity contribution in [3.63, 3.8) is 0 Å². The van der Waals surface area contributed by atoms with Gasteiger partial charge in [0.05, 0.1) is 13.2 Å². The molecule has 0 bridgehead atoms. The second kappa shape index (κ2) is 8.84. The predicted octanol–water partition coefficient (Wildman–Crippen LogP) is 1.65. The number of ether oxygens (including phenoxy) is 2. The summed E-state index contributed by atoms with van der Waals surface area (Å²) in [5.74, 6) is 1.24. The Hall–Kier alpha value is -1.63. The van der Waals surface area contributed by atoms with Crippen molar-refractivity contribution in [2.45, 2.75) is 31.8 Å². The van der Waals surface area contributed by atoms with E-state index in [4.69, 9.17) is 15.2 Å². The van der Waals surface area contributed by atoms with E-state index in [0.29, 0.717) is 6.04 Å². The van der Waals surface area contributed by atoms with Gasteiger partial charge in [-0.25, -0.2) is 0 Å². The third-order valence-corrected chi connectivity index (χ3v) is 5.81. The molecule has 1 amide bonds. The first-order valence-corrected chi connectivity index (χ1v) is 9.60. The Bertz CT molecular complexity index is 596. The molecule has 2 saturated heterocycles. The van der Waals surface area contributed by atoms with Crippen molar-refractivity contribution in [2.75, 3.05) is 46.5 Å². The molecule has 3 rings (SSSR count). The van der Waals surface area contributed by atoms with Crippen LogP contribution < -0.4 is 10.5 Å².